The van der Waals surface area contributed by atoms with E-state index in [0.717, 1.165) is 19.3 Å². The van der Waals surface area contributed by atoms with E-state index in [-0.39, 0.29) is 5.91 Å². The van der Waals surface area contributed by atoms with Gasteiger partial charge in [0.25, 0.3) is 0 Å². The number of ether oxygens (including phenoxy) is 1. The third-order valence-corrected chi connectivity index (χ3v) is 3.32. The van der Waals surface area contributed by atoms with Crippen molar-refractivity contribution in [1.82, 2.24) is 4.90 Å². The van der Waals surface area contributed by atoms with E-state index in [1.165, 1.54) is 0 Å². The summed E-state index contributed by atoms with van der Waals surface area (Å²) in [6.45, 7) is 5.28. The molecule has 17 heavy (non-hydrogen) atoms. The molecule has 0 aromatic rings. The molecular weight excluding hydrogens is 216 g/mol. The number of rotatable bonds is 6. The van der Waals surface area contributed by atoms with E-state index in [4.69, 9.17) is 10.00 Å². The first-order valence-electron chi connectivity index (χ1n) is 6.27. The van der Waals surface area contributed by atoms with Crippen LogP contribution in [-0.2, 0) is 9.53 Å². The third-order valence-electron chi connectivity index (χ3n) is 3.32. The molecule has 1 saturated carbocycles. The zero-order valence-electron chi connectivity index (χ0n) is 11.0. The second-order valence-electron chi connectivity index (χ2n) is 5.17. The first-order valence-corrected chi connectivity index (χ1v) is 6.27. The topological polar surface area (TPSA) is 53.3 Å². The summed E-state index contributed by atoms with van der Waals surface area (Å²) in [7, 11) is 1.73. The largest absolute Gasteiger partial charge is 0.381 e. The van der Waals surface area contributed by atoms with E-state index < -0.39 is 5.54 Å². The molecule has 1 aliphatic rings. The molecule has 1 amide bonds. The van der Waals surface area contributed by atoms with Crippen molar-refractivity contribution in [3.8, 4) is 6.07 Å². The Morgan fingerprint density at radius 3 is 2.59 bits per heavy atom. The van der Waals surface area contributed by atoms with Gasteiger partial charge in [-0.3, -0.25) is 4.79 Å². The van der Waals surface area contributed by atoms with Crippen LogP contribution >= 0.6 is 0 Å². The Balaban J connectivity index is 2.30. The summed E-state index contributed by atoms with van der Waals surface area (Å²) < 4.78 is 5.38. The van der Waals surface area contributed by atoms with Crippen LogP contribution in [0.5, 0.6) is 0 Å². The van der Waals surface area contributed by atoms with Gasteiger partial charge in [-0.15, -0.1) is 0 Å². The monoisotopic (exact) mass is 238 g/mol. The molecule has 0 atom stereocenters. The van der Waals surface area contributed by atoms with Crippen LogP contribution in [0, 0.1) is 17.2 Å². The minimum Gasteiger partial charge on any atom is -0.381 e. The van der Waals surface area contributed by atoms with Gasteiger partial charge in [0, 0.05) is 13.7 Å². The minimum absolute atomic E-state index is 0.00926. The van der Waals surface area contributed by atoms with Gasteiger partial charge < -0.3 is 9.64 Å². The standard InChI is InChI=1S/C13H22N2O2/c1-11(2)9-17-8-5-12(16)15(3)13(10-14)6-4-7-13/h11H,4-9H2,1-3H3. The van der Waals surface area contributed by atoms with Crippen molar-refractivity contribution >= 4 is 5.91 Å². The Hall–Kier alpha value is -1.08. The lowest BCUT2D eigenvalue weighted by atomic mass is 9.76. The van der Waals surface area contributed by atoms with Crippen molar-refractivity contribution in [1.29, 1.82) is 5.26 Å². The maximum Gasteiger partial charge on any atom is 0.225 e. The first kappa shape index (κ1) is 14.0. The predicted molar refractivity (Wildman–Crippen MR) is 65.2 cm³/mol. The van der Waals surface area contributed by atoms with Crippen LogP contribution in [0.3, 0.4) is 0 Å². The molecule has 0 bridgehead atoms. The van der Waals surface area contributed by atoms with Gasteiger partial charge in [0.2, 0.25) is 5.91 Å². The van der Waals surface area contributed by atoms with Gasteiger partial charge in [-0.05, 0) is 25.2 Å². The number of amides is 1. The summed E-state index contributed by atoms with van der Waals surface area (Å²) in [6.07, 6.45) is 3.01. The SMILES string of the molecule is CC(C)COCCC(=O)N(C)C1(C#N)CCC1. The van der Waals surface area contributed by atoms with E-state index in [9.17, 15) is 4.79 Å². The van der Waals surface area contributed by atoms with E-state index >= 15 is 0 Å². The predicted octanol–water partition coefficient (Wildman–Crippen LogP) is 1.95. The number of hydrogen-bond donors (Lipinski definition) is 0. The molecule has 0 unspecified atom stereocenters. The van der Waals surface area contributed by atoms with Gasteiger partial charge in [-0.1, -0.05) is 13.8 Å². The van der Waals surface area contributed by atoms with Crippen LogP contribution in [0.25, 0.3) is 0 Å². The lowest BCUT2D eigenvalue weighted by Gasteiger charge is -2.43. The van der Waals surface area contributed by atoms with Crippen LogP contribution in [-0.4, -0.2) is 36.6 Å². The van der Waals surface area contributed by atoms with Crippen molar-refractivity contribution < 1.29 is 9.53 Å². The Kier molecular flexibility index (Phi) is 4.95. The Morgan fingerprint density at radius 2 is 2.18 bits per heavy atom. The van der Waals surface area contributed by atoms with E-state index in [0.29, 0.717) is 25.6 Å². The fourth-order valence-corrected chi connectivity index (χ4v) is 1.92. The summed E-state index contributed by atoms with van der Waals surface area (Å²) in [6, 6.07) is 2.27. The molecule has 0 aromatic heterocycles. The van der Waals surface area contributed by atoms with Gasteiger partial charge >= 0.3 is 0 Å². The van der Waals surface area contributed by atoms with Gasteiger partial charge in [-0.2, -0.15) is 5.26 Å². The Bertz CT molecular complexity index is 303. The molecule has 4 heteroatoms. The van der Waals surface area contributed by atoms with Gasteiger partial charge in [-0.25, -0.2) is 0 Å². The summed E-state index contributed by atoms with van der Waals surface area (Å²) in [5.74, 6) is 0.495. The minimum atomic E-state index is -0.533. The highest BCUT2D eigenvalue weighted by atomic mass is 16.5. The van der Waals surface area contributed by atoms with Crippen molar-refractivity contribution in [2.24, 2.45) is 5.92 Å². The molecule has 0 aliphatic heterocycles. The summed E-state index contributed by atoms with van der Waals surface area (Å²) >= 11 is 0. The Morgan fingerprint density at radius 1 is 1.53 bits per heavy atom. The molecule has 0 heterocycles. The van der Waals surface area contributed by atoms with Gasteiger partial charge in [0.05, 0.1) is 19.1 Å². The number of carbonyl (C=O) groups excluding carboxylic acids is 1. The zero-order valence-corrected chi connectivity index (χ0v) is 11.0. The lowest BCUT2D eigenvalue weighted by molar-refractivity contribution is -0.137. The van der Waals surface area contributed by atoms with Crippen LogP contribution in [0.2, 0.25) is 0 Å². The molecule has 0 saturated heterocycles. The molecule has 4 nitrogen and oxygen atoms in total. The maximum atomic E-state index is 11.9. The molecule has 0 N–H and O–H groups in total. The summed E-state index contributed by atoms with van der Waals surface area (Å²) in [5.41, 5.74) is -0.533. The van der Waals surface area contributed by atoms with Crippen molar-refractivity contribution in [2.75, 3.05) is 20.3 Å². The molecule has 0 spiro atoms. The lowest BCUT2D eigenvalue weighted by Crippen LogP contribution is -2.53. The second-order valence-corrected chi connectivity index (χ2v) is 5.17. The van der Waals surface area contributed by atoms with Crippen LogP contribution < -0.4 is 0 Å². The van der Waals surface area contributed by atoms with Gasteiger partial charge in [0.1, 0.15) is 5.54 Å². The highest BCUT2D eigenvalue weighted by Gasteiger charge is 2.43. The quantitative estimate of drug-likeness (QED) is 0.665. The highest BCUT2D eigenvalue weighted by Crippen LogP contribution is 2.36. The molecule has 0 aromatic carbocycles. The fourth-order valence-electron chi connectivity index (χ4n) is 1.92. The molecule has 1 aliphatic carbocycles. The maximum absolute atomic E-state index is 11.9. The molecule has 96 valence electrons. The van der Waals surface area contributed by atoms with E-state index in [1.807, 2.05) is 0 Å². The number of carbonyl (C=O) groups is 1. The number of nitrogens with zero attached hydrogens (tertiary/aromatic N) is 2. The molecule has 0 radical (unpaired) electrons. The smallest absolute Gasteiger partial charge is 0.225 e. The third kappa shape index (κ3) is 3.44. The van der Waals surface area contributed by atoms with Crippen molar-refractivity contribution in [3.05, 3.63) is 0 Å². The molecular formula is C13H22N2O2. The number of nitriles is 1. The normalized spacial score (nSPS) is 17.4. The summed E-state index contributed by atoms with van der Waals surface area (Å²) in [4.78, 5) is 13.5. The fraction of sp³-hybridized carbons (Fsp3) is 0.846. The van der Waals surface area contributed by atoms with Gasteiger partial charge in [0.15, 0.2) is 0 Å². The van der Waals surface area contributed by atoms with E-state index in [1.54, 1.807) is 11.9 Å². The average Bonchev–Trinajstić information content (AvgIpc) is 2.23. The Labute approximate surface area is 104 Å². The van der Waals surface area contributed by atoms with Crippen LogP contribution in [0.4, 0.5) is 0 Å². The number of hydrogen-bond acceptors (Lipinski definition) is 3. The van der Waals surface area contributed by atoms with Crippen LogP contribution in [0.1, 0.15) is 39.5 Å². The van der Waals surface area contributed by atoms with Crippen LogP contribution in [0.15, 0.2) is 0 Å². The van der Waals surface area contributed by atoms with E-state index in [2.05, 4.69) is 19.9 Å². The molecule has 1 rings (SSSR count). The zero-order chi connectivity index (χ0) is 12.9. The first-order chi connectivity index (χ1) is 8.02. The van der Waals surface area contributed by atoms with Crippen molar-refractivity contribution in [2.45, 2.75) is 45.1 Å². The summed E-state index contributed by atoms with van der Waals surface area (Å²) in [5, 5.41) is 9.13. The molecule has 1 fully saturated rings. The second kappa shape index (κ2) is 6.02. The van der Waals surface area contributed by atoms with Crippen molar-refractivity contribution in [3.63, 3.8) is 0 Å². The average molecular weight is 238 g/mol. The highest BCUT2D eigenvalue weighted by molar-refractivity contribution is 5.77.